The Balaban J connectivity index is 1.89. The Kier molecular flexibility index (Phi) is 3.73. The van der Waals surface area contributed by atoms with Crippen LogP contribution >= 0.6 is 0 Å². The molecule has 1 fully saturated rings. The van der Waals surface area contributed by atoms with Crippen molar-refractivity contribution < 1.29 is 13.2 Å². The minimum Gasteiger partial charge on any atom is -0.491 e. The molecule has 1 aliphatic rings. The lowest BCUT2D eigenvalue weighted by atomic mass is 10.2. The zero-order chi connectivity index (χ0) is 18.5. The van der Waals surface area contributed by atoms with Gasteiger partial charge in [-0.15, -0.1) is 0 Å². The zero-order valence-corrected chi connectivity index (χ0v) is 15.5. The molecular formula is C19H20N2O4S. The molecule has 4 rings (SSSR count). The predicted molar refractivity (Wildman–Crippen MR) is 99.8 cm³/mol. The van der Waals surface area contributed by atoms with Crippen molar-refractivity contribution in [3.05, 3.63) is 53.1 Å². The second-order valence-corrected chi connectivity index (χ2v) is 9.31. The van der Waals surface area contributed by atoms with Gasteiger partial charge in [0.05, 0.1) is 17.2 Å². The van der Waals surface area contributed by atoms with Crippen LogP contribution < -0.4 is 10.3 Å². The Bertz CT molecular complexity index is 1150. The molecule has 2 heterocycles. The predicted octanol–water partition coefficient (Wildman–Crippen LogP) is 2.90. The van der Waals surface area contributed by atoms with Gasteiger partial charge in [-0.1, -0.05) is 6.92 Å². The minimum atomic E-state index is -3.38. The molecule has 0 unspecified atom stereocenters. The average molecular weight is 372 g/mol. The van der Waals surface area contributed by atoms with Crippen LogP contribution in [0.4, 0.5) is 0 Å². The number of sulfone groups is 1. The summed E-state index contributed by atoms with van der Waals surface area (Å²) in [5.74, 6) is 0.561. The molecule has 0 amide bonds. The highest BCUT2D eigenvalue weighted by molar-refractivity contribution is 7.90. The molecule has 2 aromatic heterocycles. The third-order valence-corrected chi connectivity index (χ3v) is 6.02. The second-order valence-electron chi connectivity index (χ2n) is 7.30. The van der Waals surface area contributed by atoms with Crippen molar-refractivity contribution >= 4 is 20.7 Å². The van der Waals surface area contributed by atoms with E-state index in [1.54, 1.807) is 41.2 Å². The number of rotatable bonds is 5. The third-order valence-electron chi connectivity index (χ3n) is 4.91. The fourth-order valence-electron chi connectivity index (χ4n) is 2.95. The number of pyridine rings is 1. The molecule has 0 atom stereocenters. The summed E-state index contributed by atoms with van der Waals surface area (Å²) in [4.78, 5) is 15.2. The van der Waals surface area contributed by atoms with Gasteiger partial charge in [-0.25, -0.2) is 8.42 Å². The first-order chi connectivity index (χ1) is 12.3. The quantitative estimate of drug-likeness (QED) is 0.747. The number of fused-ring (bicyclic) bond motifs is 1. The maximum Gasteiger partial charge on any atom is 0.272 e. The summed E-state index contributed by atoms with van der Waals surface area (Å²) >= 11 is 0. The van der Waals surface area contributed by atoms with Crippen molar-refractivity contribution in [3.8, 4) is 11.4 Å². The summed E-state index contributed by atoms with van der Waals surface area (Å²) in [6.07, 6.45) is 6.75. The summed E-state index contributed by atoms with van der Waals surface area (Å²) in [6.45, 7) is 2.72. The van der Waals surface area contributed by atoms with Crippen LogP contribution in [0.5, 0.6) is 5.75 Å². The summed E-state index contributed by atoms with van der Waals surface area (Å²) in [7, 11) is -3.38. The smallest absolute Gasteiger partial charge is 0.272 e. The Morgan fingerprint density at radius 2 is 2.00 bits per heavy atom. The van der Waals surface area contributed by atoms with Crippen molar-refractivity contribution in [2.24, 2.45) is 5.41 Å². The zero-order valence-electron chi connectivity index (χ0n) is 14.7. The molecule has 1 aromatic carbocycles. The van der Waals surface area contributed by atoms with E-state index in [-0.39, 0.29) is 15.9 Å². The van der Waals surface area contributed by atoms with Crippen molar-refractivity contribution in [1.29, 1.82) is 0 Å². The number of H-pyrrole nitrogens is 1. The van der Waals surface area contributed by atoms with Gasteiger partial charge in [-0.2, -0.15) is 0 Å². The first kappa shape index (κ1) is 16.9. The molecule has 3 aromatic rings. The average Bonchev–Trinajstić information content (AvgIpc) is 3.16. The van der Waals surface area contributed by atoms with E-state index < -0.39 is 9.84 Å². The maximum atomic E-state index is 12.3. The van der Waals surface area contributed by atoms with Crippen molar-refractivity contribution in [2.75, 3.05) is 12.9 Å². The van der Waals surface area contributed by atoms with E-state index in [9.17, 15) is 13.2 Å². The Morgan fingerprint density at radius 3 is 2.69 bits per heavy atom. The molecule has 6 nitrogen and oxygen atoms in total. The number of hydrogen-bond acceptors (Lipinski definition) is 4. The van der Waals surface area contributed by atoms with Gasteiger partial charge in [-0.05, 0) is 43.2 Å². The fourth-order valence-corrected chi connectivity index (χ4v) is 3.59. The first-order valence-corrected chi connectivity index (χ1v) is 10.3. The normalized spacial score (nSPS) is 15.9. The van der Waals surface area contributed by atoms with Crippen LogP contribution in [0.15, 0.2) is 52.4 Å². The topological polar surface area (TPSA) is 81.2 Å². The highest BCUT2D eigenvalue weighted by atomic mass is 32.2. The molecule has 136 valence electrons. The molecule has 1 saturated carbocycles. The largest absolute Gasteiger partial charge is 0.491 e. The van der Waals surface area contributed by atoms with E-state index in [0.29, 0.717) is 23.6 Å². The molecule has 26 heavy (non-hydrogen) atoms. The summed E-state index contributed by atoms with van der Waals surface area (Å²) in [5.41, 5.74) is 0.949. The highest BCUT2D eigenvalue weighted by Crippen LogP contribution is 2.45. The molecule has 0 bridgehead atoms. The maximum absolute atomic E-state index is 12.3. The summed E-state index contributed by atoms with van der Waals surface area (Å²) < 4.78 is 31.7. The van der Waals surface area contributed by atoms with Crippen LogP contribution in [-0.2, 0) is 9.84 Å². The van der Waals surface area contributed by atoms with E-state index in [1.807, 2.05) is 6.07 Å². The second kappa shape index (κ2) is 5.74. The lowest BCUT2D eigenvalue weighted by Crippen LogP contribution is -2.13. The van der Waals surface area contributed by atoms with Gasteiger partial charge < -0.3 is 14.3 Å². The number of hydrogen-bond donors (Lipinski definition) is 1. The molecule has 0 saturated heterocycles. The Morgan fingerprint density at radius 1 is 1.23 bits per heavy atom. The minimum absolute atomic E-state index is 0.184. The van der Waals surface area contributed by atoms with Gasteiger partial charge in [0, 0.05) is 29.5 Å². The molecule has 7 heteroatoms. The lowest BCUT2D eigenvalue weighted by Gasteiger charge is -2.16. The van der Waals surface area contributed by atoms with Gasteiger partial charge in [0.25, 0.3) is 5.56 Å². The fraction of sp³-hybridized carbons (Fsp3) is 0.316. The van der Waals surface area contributed by atoms with Gasteiger partial charge >= 0.3 is 0 Å². The summed E-state index contributed by atoms with van der Waals surface area (Å²) in [5, 5.41) is 0.776. The number of aromatic nitrogens is 2. The van der Waals surface area contributed by atoms with Crippen LogP contribution in [0.2, 0.25) is 0 Å². The van der Waals surface area contributed by atoms with Crippen LogP contribution in [0.1, 0.15) is 19.8 Å². The number of nitrogens with zero attached hydrogens (tertiary/aromatic N) is 1. The van der Waals surface area contributed by atoms with E-state index in [0.717, 1.165) is 18.2 Å². The van der Waals surface area contributed by atoms with Crippen molar-refractivity contribution in [3.63, 3.8) is 0 Å². The van der Waals surface area contributed by atoms with Gasteiger partial charge in [0.1, 0.15) is 11.3 Å². The molecule has 0 spiro atoms. The van der Waals surface area contributed by atoms with Crippen LogP contribution in [-0.4, -0.2) is 30.8 Å². The van der Waals surface area contributed by atoms with Gasteiger partial charge in [0.15, 0.2) is 9.84 Å². The summed E-state index contributed by atoms with van der Waals surface area (Å²) in [6, 6.07) is 8.40. The number of nitrogens with one attached hydrogen (secondary N) is 1. The van der Waals surface area contributed by atoms with E-state index in [4.69, 9.17) is 4.74 Å². The Labute approximate surface area is 151 Å². The monoisotopic (exact) mass is 372 g/mol. The molecule has 0 aliphatic heterocycles. The van der Waals surface area contributed by atoms with Crippen LogP contribution in [0.3, 0.4) is 0 Å². The van der Waals surface area contributed by atoms with Gasteiger partial charge in [0.2, 0.25) is 0 Å². The van der Waals surface area contributed by atoms with Crippen molar-refractivity contribution in [1.82, 2.24) is 9.55 Å². The third kappa shape index (κ3) is 3.03. The SMILES string of the molecule is CC1(COc2ccc(S(C)(=O)=O)cc2-n2ccc3cc[nH]c(=O)c32)CC1. The number of aromatic amines is 1. The molecule has 0 radical (unpaired) electrons. The highest BCUT2D eigenvalue weighted by Gasteiger charge is 2.38. The van der Waals surface area contributed by atoms with Crippen LogP contribution in [0, 0.1) is 5.41 Å². The lowest BCUT2D eigenvalue weighted by molar-refractivity contribution is 0.247. The van der Waals surface area contributed by atoms with E-state index >= 15 is 0 Å². The van der Waals surface area contributed by atoms with Gasteiger partial charge in [-0.3, -0.25) is 4.79 Å². The standard InChI is InChI=1S/C19H20N2O4S/c1-19(7-8-19)12-25-16-4-3-14(26(2,23)24)11-15(16)21-10-6-13-5-9-20-18(22)17(13)21/h3-6,9-11H,7-8,12H2,1-2H3,(H,20,22). The van der Waals surface area contributed by atoms with E-state index in [2.05, 4.69) is 11.9 Å². The van der Waals surface area contributed by atoms with Crippen molar-refractivity contribution in [2.45, 2.75) is 24.7 Å². The molecular weight excluding hydrogens is 352 g/mol. The molecule has 1 N–H and O–H groups in total. The van der Waals surface area contributed by atoms with E-state index in [1.165, 1.54) is 6.26 Å². The Hall–Kier alpha value is -2.54. The molecule has 1 aliphatic carbocycles. The number of benzene rings is 1. The first-order valence-electron chi connectivity index (χ1n) is 8.43. The van der Waals surface area contributed by atoms with Crippen LogP contribution in [0.25, 0.3) is 16.6 Å². The number of ether oxygens (including phenoxy) is 1.